The van der Waals surface area contributed by atoms with Crippen molar-refractivity contribution < 1.29 is 22.9 Å². The summed E-state index contributed by atoms with van der Waals surface area (Å²) in [6, 6.07) is 0. The molecular formula is C7H10O5S. The van der Waals surface area contributed by atoms with E-state index in [1.54, 1.807) is 0 Å². The van der Waals surface area contributed by atoms with Crippen molar-refractivity contribution in [1.29, 1.82) is 0 Å². The van der Waals surface area contributed by atoms with Gasteiger partial charge in [-0.2, -0.15) is 8.42 Å². The molecule has 0 aliphatic heterocycles. The Morgan fingerprint density at radius 1 is 1.54 bits per heavy atom. The molecule has 0 saturated heterocycles. The summed E-state index contributed by atoms with van der Waals surface area (Å²) >= 11 is 0. The highest BCUT2D eigenvalue weighted by atomic mass is 32.2. The van der Waals surface area contributed by atoms with E-state index in [9.17, 15) is 13.2 Å². The summed E-state index contributed by atoms with van der Waals surface area (Å²) in [6.45, 7) is 4.39. The maximum atomic E-state index is 10.6. The predicted molar refractivity (Wildman–Crippen MR) is 46.9 cm³/mol. The molecule has 0 aromatic carbocycles. The molecule has 5 nitrogen and oxygen atoms in total. The van der Waals surface area contributed by atoms with Crippen LogP contribution >= 0.6 is 0 Å². The summed E-state index contributed by atoms with van der Waals surface area (Å²) in [5, 5.41) is 7.04. The largest absolute Gasteiger partial charge is 0.478 e. The van der Waals surface area contributed by atoms with Crippen molar-refractivity contribution in [1.82, 2.24) is 0 Å². The van der Waals surface area contributed by atoms with Crippen LogP contribution in [-0.4, -0.2) is 29.3 Å². The normalized spacial score (nSPS) is 15.1. The lowest BCUT2D eigenvalue weighted by Crippen LogP contribution is -2.16. The third-order valence-corrected chi connectivity index (χ3v) is 2.34. The summed E-state index contributed by atoms with van der Waals surface area (Å²) in [5.41, 5.74) is -0.164. The van der Waals surface area contributed by atoms with E-state index in [2.05, 4.69) is 6.58 Å². The van der Waals surface area contributed by atoms with E-state index in [1.807, 2.05) is 0 Å². The molecule has 74 valence electrons. The third kappa shape index (κ3) is 3.86. The standard InChI is InChI=1S/C7H10O5S/c1-3-6(13(10,11)12)4-5(2)7(8)9/h3-4,6H,1H2,2H3,(H,8,9)(H,10,11,12). The fourth-order valence-corrected chi connectivity index (χ4v) is 1.21. The average Bonchev–Trinajstić information content (AvgIpc) is 1.96. The summed E-state index contributed by atoms with van der Waals surface area (Å²) in [6.07, 6.45) is 1.85. The summed E-state index contributed by atoms with van der Waals surface area (Å²) in [4.78, 5) is 10.3. The minimum absolute atomic E-state index is 0.164. The Morgan fingerprint density at radius 2 is 2.00 bits per heavy atom. The van der Waals surface area contributed by atoms with Crippen LogP contribution in [0.4, 0.5) is 0 Å². The number of hydrogen-bond donors (Lipinski definition) is 2. The molecule has 0 amide bonds. The molecule has 6 heteroatoms. The lowest BCUT2D eigenvalue weighted by Gasteiger charge is -2.03. The van der Waals surface area contributed by atoms with Crippen LogP contribution < -0.4 is 0 Å². The van der Waals surface area contributed by atoms with Gasteiger partial charge in [-0.3, -0.25) is 4.55 Å². The Kier molecular flexibility index (Phi) is 3.83. The first kappa shape index (κ1) is 11.9. The zero-order chi connectivity index (χ0) is 10.6. The number of hydrogen-bond acceptors (Lipinski definition) is 3. The molecule has 0 heterocycles. The zero-order valence-electron chi connectivity index (χ0n) is 6.97. The van der Waals surface area contributed by atoms with Crippen molar-refractivity contribution in [2.45, 2.75) is 12.2 Å². The minimum Gasteiger partial charge on any atom is -0.478 e. The topological polar surface area (TPSA) is 91.7 Å². The number of carbonyl (C=O) groups is 1. The van der Waals surface area contributed by atoms with E-state index < -0.39 is 21.3 Å². The minimum atomic E-state index is -4.30. The summed E-state index contributed by atoms with van der Waals surface area (Å²) < 4.78 is 29.7. The molecule has 1 atom stereocenters. The van der Waals surface area contributed by atoms with E-state index in [4.69, 9.17) is 9.66 Å². The highest BCUT2D eigenvalue weighted by molar-refractivity contribution is 7.86. The van der Waals surface area contributed by atoms with Crippen LogP contribution in [-0.2, 0) is 14.9 Å². The van der Waals surface area contributed by atoms with E-state index in [0.29, 0.717) is 0 Å². The Morgan fingerprint density at radius 3 is 2.23 bits per heavy atom. The van der Waals surface area contributed by atoms with Crippen molar-refractivity contribution in [2.24, 2.45) is 0 Å². The van der Waals surface area contributed by atoms with Gasteiger partial charge in [-0.25, -0.2) is 4.79 Å². The molecule has 0 aromatic rings. The summed E-state index contributed by atoms with van der Waals surface area (Å²) in [5.74, 6) is -1.24. The number of carboxylic acid groups (broad SMARTS) is 1. The van der Waals surface area contributed by atoms with Crippen molar-refractivity contribution in [3.8, 4) is 0 Å². The van der Waals surface area contributed by atoms with Gasteiger partial charge >= 0.3 is 5.97 Å². The predicted octanol–water partition coefficient (Wildman–Crippen LogP) is 0.460. The number of rotatable bonds is 4. The second kappa shape index (κ2) is 4.20. The Labute approximate surface area is 76.1 Å². The van der Waals surface area contributed by atoms with Crippen molar-refractivity contribution in [3.63, 3.8) is 0 Å². The molecule has 0 aliphatic carbocycles. The second-order valence-corrected chi connectivity index (χ2v) is 3.94. The van der Waals surface area contributed by atoms with Crippen molar-refractivity contribution in [2.75, 3.05) is 0 Å². The Bertz CT molecular complexity index is 338. The van der Waals surface area contributed by atoms with Gasteiger partial charge in [0.25, 0.3) is 10.1 Å². The highest BCUT2D eigenvalue weighted by Gasteiger charge is 2.17. The molecule has 13 heavy (non-hydrogen) atoms. The number of carboxylic acids is 1. The molecule has 1 unspecified atom stereocenters. The smallest absolute Gasteiger partial charge is 0.330 e. The van der Waals surface area contributed by atoms with Gasteiger partial charge in [-0.1, -0.05) is 12.2 Å². The quantitative estimate of drug-likeness (QED) is 0.396. The maximum Gasteiger partial charge on any atom is 0.330 e. The Hall–Kier alpha value is -1.14. The van der Waals surface area contributed by atoms with Crippen LogP contribution in [0.25, 0.3) is 0 Å². The third-order valence-electron chi connectivity index (χ3n) is 1.33. The molecule has 0 aliphatic rings. The molecule has 0 fully saturated rings. The highest BCUT2D eigenvalue weighted by Crippen LogP contribution is 2.05. The molecule has 0 radical (unpaired) electrons. The first-order chi connectivity index (χ1) is 5.79. The monoisotopic (exact) mass is 206 g/mol. The summed E-state index contributed by atoms with van der Waals surface area (Å²) in [7, 11) is -4.30. The molecule has 0 rings (SSSR count). The van der Waals surface area contributed by atoms with Crippen molar-refractivity contribution in [3.05, 3.63) is 24.3 Å². The zero-order valence-corrected chi connectivity index (χ0v) is 7.78. The fraction of sp³-hybridized carbons (Fsp3) is 0.286. The van der Waals surface area contributed by atoms with Crippen LogP contribution in [0.5, 0.6) is 0 Å². The fourth-order valence-electron chi connectivity index (χ4n) is 0.593. The van der Waals surface area contributed by atoms with Crippen LogP contribution in [0.2, 0.25) is 0 Å². The lowest BCUT2D eigenvalue weighted by molar-refractivity contribution is -0.132. The van der Waals surface area contributed by atoms with Crippen LogP contribution in [0.15, 0.2) is 24.3 Å². The van der Waals surface area contributed by atoms with E-state index in [1.165, 1.54) is 6.92 Å². The van der Waals surface area contributed by atoms with Crippen LogP contribution in [0.3, 0.4) is 0 Å². The van der Waals surface area contributed by atoms with Gasteiger partial charge < -0.3 is 5.11 Å². The maximum absolute atomic E-state index is 10.6. The molecule has 0 spiro atoms. The molecule has 0 bridgehead atoms. The first-order valence-electron chi connectivity index (χ1n) is 3.29. The van der Waals surface area contributed by atoms with Gasteiger partial charge in [0, 0.05) is 5.57 Å². The SMILES string of the molecule is C=CC(C=C(C)C(=O)O)S(=O)(=O)O. The van der Waals surface area contributed by atoms with Gasteiger partial charge in [0.05, 0.1) is 0 Å². The first-order valence-corrected chi connectivity index (χ1v) is 4.80. The average molecular weight is 206 g/mol. The van der Waals surface area contributed by atoms with Crippen LogP contribution in [0, 0.1) is 0 Å². The van der Waals surface area contributed by atoms with E-state index >= 15 is 0 Å². The van der Waals surface area contributed by atoms with Crippen LogP contribution in [0.1, 0.15) is 6.92 Å². The van der Waals surface area contributed by atoms with Gasteiger partial charge in [-0.05, 0) is 6.92 Å². The van der Waals surface area contributed by atoms with Gasteiger partial charge in [0.1, 0.15) is 5.25 Å². The number of aliphatic carboxylic acids is 1. The van der Waals surface area contributed by atoms with Gasteiger partial charge in [0.15, 0.2) is 0 Å². The molecule has 2 N–H and O–H groups in total. The molecule has 0 aromatic heterocycles. The van der Waals surface area contributed by atoms with Gasteiger partial charge in [0.2, 0.25) is 0 Å². The molecular weight excluding hydrogens is 196 g/mol. The van der Waals surface area contributed by atoms with E-state index in [0.717, 1.165) is 12.2 Å². The Balaban J connectivity index is 4.96. The van der Waals surface area contributed by atoms with Gasteiger partial charge in [-0.15, -0.1) is 6.58 Å². The van der Waals surface area contributed by atoms with E-state index in [-0.39, 0.29) is 5.57 Å². The van der Waals surface area contributed by atoms with Crippen molar-refractivity contribution >= 4 is 16.1 Å². The lowest BCUT2D eigenvalue weighted by atomic mass is 10.2. The second-order valence-electron chi connectivity index (χ2n) is 2.37. The molecule has 0 saturated carbocycles.